The zero-order valence-corrected chi connectivity index (χ0v) is 12.4. The van der Waals surface area contributed by atoms with Gasteiger partial charge in [0.05, 0.1) is 5.39 Å². The quantitative estimate of drug-likeness (QED) is 0.794. The SMILES string of the molecule is CCCCCCCCNC(=O)n1oc2ccccc2c1=O. The summed E-state index contributed by atoms with van der Waals surface area (Å²) in [5.74, 6) is 0. The topological polar surface area (TPSA) is 64.2 Å². The fourth-order valence-corrected chi connectivity index (χ4v) is 2.28. The molecule has 5 heteroatoms. The van der Waals surface area contributed by atoms with Crippen LogP contribution in [0.1, 0.15) is 45.4 Å². The summed E-state index contributed by atoms with van der Waals surface area (Å²) in [5, 5.41) is 3.15. The first-order valence-electron chi connectivity index (χ1n) is 7.63. The Morgan fingerprint density at radius 3 is 2.62 bits per heavy atom. The number of unbranched alkanes of at least 4 members (excludes halogenated alkanes) is 5. The van der Waals surface area contributed by atoms with Gasteiger partial charge in [0.25, 0.3) is 5.56 Å². The van der Waals surface area contributed by atoms with Crippen molar-refractivity contribution < 1.29 is 9.32 Å². The zero-order valence-electron chi connectivity index (χ0n) is 12.4. The van der Waals surface area contributed by atoms with Gasteiger partial charge in [0.2, 0.25) is 0 Å². The van der Waals surface area contributed by atoms with Gasteiger partial charge in [0.15, 0.2) is 5.58 Å². The number of hydrogen-bond acceptors (Lipinski definition) is 3. The number of carbonyl (C=O) groups is 1. The van der Waals surface area contributed by atoms with Crippen LogP contribution < -0.4 is 10.9 Å². The van der Waals surface area contributed by atoms with E-state index in [2.05, 4.69) is 12.2 Å². The molecule has 0 fully saturated rings. The normalized spacial score (nSPS) is 10.9. The van der Waals surface area contributed by atoms with Crippen LogP contribution in [0.4, 0.5) is 4.79 Å². The van der Waals surface area contributed by atoms with E-state index in [1.807, 2.05) is 0 Å². The van der Waals surface area contributed by atoms with E-state index in [9.17, 15) is 9.59 Å². The Morgan fingerprint density at radius 2 is 1.86 bits per heavy atom. The van der Waals surface area contributed by atoms with Crippen LogP contribution in [-0.4, -0.2) is 17.3 Å². The van der Waals surface area contributed by atoms with Gasteiger partial charge in [-0.2, -0.15) is 0 Å². The first-order valence-corrected chi connectivity index (χ1v) is 7.63. The van der Waals surface area contributed by atoms with E-state index < -0.39 is 11.6 Å². The molecule has 5 nitrogen and oxygen atoms in total. The van der Waals surface area contributed by atoms with Gasteiger partial charge in [-0.25, -0.2) is 4.79 Å². The monoisotopic (exact) mass is 290 g/mol. The third-order valence-electron chi connectivity index (χ3n) is 3.48. The molecule has 1 heterocycles. The highest BCUT2D eigenvalue weighted by molar-refractivity contribution is 5.82. The molecule has 114 valence electrons. The largest absolute Gasteiger partial charge is 0.366 e. The van der Waals surface area contributed by atoms with E-state index in [-0.39, 0.29) is 0 Å². The summed E-state index contributed by atoms with van der Waals surface area (Å²) < 4.78 is 6.06. The predicted octanol–water partition coefficient (Wildman–Crippen LogP) is 3.51. The van der Waals surface area contributed by atoms with Crippen LogP contribution in [0.5, 0.6) is 0 Å². The Hall–Kier alpha value is -2.04. The van der Waals surface area contributed by atoms with Gasteiger partial charge in [-0.15, -0.1) is 0 Å². The molecular formula is C16H22N2O3. The fraction of sp³-hybridized carbons (Fsp3) is 0.500. The lowest BCUT2D eigenvalue weighted by Gasteiger charge is -2.03. The van der Waals surface area contributed by atoms with Crippen LogP contribution in [0.15, 0.2) is 33.6 Å². The molecule has 0 aliphatic heterocycles. The molecule has 0 radical (unpaired) electrons. The van der Waals surface area contributed by atoms with E-state index in [4.69, 9.17) is 4.52 Å². The number of rotatable bonds is 7. The molecule has 0 bridgehead atoms. The Kier molecular flexibility index (Phi) is 5.60. The molecule has 0 aliphatic rings. The summed E-state index contributed by atoms with van der Waals surface area (Å²) in [4.78, 5) is 23.9. The number of nitrogens with one attached hydrogen (secondary N) is 1. The van der Waals surface area contributed by atoms with Crippen molar-refractivity contribution in [2.75, 3.05) is 6.54 Å². The highest BCUT2D eigenvalue weighted by atomic mass is 16.5. The number of aromatic nitrogens is 1. The highest BCUT2D eigenvalue weighted by Gasteiger charge is 2.14. The van der Waals surface area contributed by atoms with Gasteiger partial charge in [-0.05, 0) is 18.6 Å². The molecule has 21 heavy (non-hydrogen) atoms. The third kappa shape index (κ3) is 3.97. The van der Waals surface area contributed by atoms with Gasteiger partial charge in [-0.1, -0.05) is 55.9 Å². The number of benzene rings is 1. The molecule has 1 N–H and O–H groups in total. The van der Waals surface area contributed by atoms with E-state index in [1.54, 1.807) is 24.3 Å². The molecule has 0 atom stereocenters. The van der Waals surface area contributed by atoms with Crippen LogP contribution in [0, 0.1) is 0 Å². The summed E-state index contributed by atoms with van der Waals surface area (Å²) in [6.45, 7) is 2.75. The number of fused-ring (bicyclic) bond motifs is 1. The molecule has 0 saturated carbocycles. The molecule has 0 aliphatic carbocycles. The maximum Gasteiger partial charge on any atom is 0.358 e. The summed E-state index contributed by atoms with van der Waals surface area (Å²) in [6.07, 6.45) is 6.94. The van der Waals surface area contributed by atoms with Crippen LogP contribution in [0.2, 0.25) is 0 Å². The molecule has 2 aromatic rings. The maximum atomic E-state index is 12.0. The van der Waals surface area contributed by atoms with Crippen LogP contribution in [0.25, 0.3) is 11.0 Å². The second-order valence-electron chi connectivity index (χ2n) is 5.19. The highest BCUT2D eigenvalue weighted by Crippen LogP contribution is 2.09. The second kappa shape index (κ2) is 7.67. The first kappa shape index (κ1) is 15.4. The number of carbonyl (C=O) groups excluding carboxylic acids is 1. The van der Waals surface area contributed by atoms with Crippen LogP contribution in [0.3, 0.4) is 0 Å². The third-order valence-corrected chi connectivity index (χ3v) is 3.48. The Labute approximate surface area is 123 Å². The second-order valence-corrected chi connectivity index (χ2v) is 5.19. The van der Waals surface area contributed by atoms with Crippen molar-refractivity contribution >= 4 is 17.0 Å². The number of hydrogen-bond donors (Lipinski definition) is 1. The van der Waals surface area contributed by atoms with Crippen LogP contribution in [-0.2, 0) is 0 Å². The average Bonchev–Trinajstić information content (AvgIpc) is 2.84. The van der Waals surface area contributed by atoms with E-state index in [0.717, 1.165) is 17.6 Å². The molecule has 1 aromatic carbocycles. The standard InChI is InChI=1S/C16H22N2O3/c1-2-3-4-5-6-9-12-17-16(20)18-15(19)13-10-7-8-11-14(13)21-18/h7-8,10-11H,2-6,9,12H2,1H3,(H,17,20). The summed E-state index contributed by atoms with van der Waals surface area (Å²) in [5.41, 5.74) is 0.0169. The van der Waals surface area contributed by atoms with Crippen LogP contribution >= 0.6 is 0 Å². The summed E-state index contributed by atoms with van der Waals surface area (Å²) in [6, 6.07) is 6.35. The molecule has 1 aromatic heterocycles. The number of nitrogens with zero attached hydrogens (tertiary/aromatic N) is 1. The van der Waals surface area contributed by atoms with E-state index in [0.29, 0.717) is 17.5 Å². The van der Waals surface area contributed by atoms with Crippen molar-refractivity contribution in [3.8, 4) is 0 Å². The van der Waals surface area contributed by atoms with Crippen molar-refractivity contribution in [2.24, 2.45) is 0 Å². The van der Waals surface area contributed by atoms with Crippen molar-refractivity contribution in [3.63, 3.8) is 0 Å². The lowest BCUT2D eigenvalue weighted by Crippen LogP contribution is -2.34. The number of para-hydroxylation sites is 1. The molecule has 0 spiro atoms. The van der Waals surface area contributed by atoms with Gasteiger partial charge < -0.3 is 9.84 Å². The predicted molar refractivity (Wildman–Crippen MR) is 82.6 cm³/mol. The van der Waals surface area contributed by atoms with Crippen molar-refractivity contribution in [1.29, 1.82) is 0 Å². The molecule has 0 saturated heterocycles. The number of amides is 1. The Balaban J connectivity index is 1.83. The van der Waals surface area contributed by atoms with Gasteiger partial charge in [0, 0.05) is 6.54 Å². The first-order chi connectivity index (χ1) is 10.2. The molecular weight excluding hydrogens is 268 g/mol. The van der Waals surface area contributed by atoms with Gasteiger partial charge in [0.1, 0.15) is 0 Å². The van der Waals surface area contributed by atoms with Crippen molar-refractivity contribution in [3.05, 3.63) is 34.6 Å². The maximum absolute atomic E-state index is 12.0. The van der Waals surface area contributed by atoms with Gasteiger partial charge >= 0.3 is 6.03 Å². The lowest BCUT2D eigenvalue weighted by molar-refractivity contribution is 0.213. The van der Waals surface area contributed by atoms with Crippen molar-refractivity contribution in [1.82, 2.24) is 10.1 Å². The minimum atomic E-state index is -0.496. The fourth-order valence-electron chi connectivity index (χ4n) is 2.28. The summed E-state index contributed by atoms with van der Waals surface area (Å²) in [7, 11) is 0. The van der Waals surface area contributed by atoms with Crippen molar-refractivity contribution in [2.45, 2.75) is 45.4 Å². The Bertz CT molecular complexity index is 642. The van der Waals surface area contributed by atoms with E-state index in [1.165, 1.54) is 25.7 Å². The smallest absolute Gasteiger partial charge is 0.358 e. The molecule has 2 rings (SSSR count). The zero-order chi connectivity index (χ0) is 15.1. The molecule has 1 amide bonds. The lowest BCUT2D eigenvalue weighted by atomic mass is 10.1. The minimum Gasteiger partial charge on any atom is -0.366 e. The Morgan fingerprint density at radius 1 is 1.14 bits per heavy atom. The molecule has 0 unspecified atom stereocenters. The average molecular weight is 290 g/mol. The minimum absolute atomic E-state index is 0.411. The van der Waals surface area contributed by atoms with Gasteiger partial charge in [-0.3, -0.25) is 4.79 Å². The summed E-state index contributed by atoms with van der Waals surface area (Å²) >= 11 is 0. The van der Waals surface area contributed by atoms with E-state index >= 15 is 0 Å².